The molecule has 1 spiro atoms. The number of aliphatic hydroxyl groups is 2. The molecule has 3 nitrogen and oxygen atoms in total. The standard InChI is InChI=1S/C29H50O3/c1-18(2)9-8-10-19(3)21-11-13-28(7)25(32)29(16-15-26(21,28)5)24(31)17-22-20(4)23(30)12-14-27(22,29)6/h18-24,30-31H,8-17H2,1-7H3/t19-,20+,21-,22+,23+,24+,26-,27+,28+,29-/m1/s1. The lowest BCUT2D eigenvalue weighted by Gasteiger charge is -2.60. The summed E-state index contributed by atoms with van der Waals surface area (Å²) in [6.07, 6.45) is 9.36. The molecule has 32 heavy (non-hydrogen) atoms. The number of hydrogen-bond donors (Lipinski definition) is 2. The minimum Gasteiger partial charge on any atom is -0.393 e. The summed E-state index contributed by atoms with van der Waals surface area (Å²) in [4.78, 5) is 14.7. The lowest BCUT2D eigenvalue weighted by Crippen LogP contribution is -2.63. The van der Waals surface area contributed by atoms with Crippen LogP contribution in [0.4, 0.5) is 0 Å². The third-order valence-electron chi connectivity index (χ3n) is 12.2. The van der Waals surface area contributed by atoms with Crippen LogP contribution in [0, 0.1) is 51.2 Å². The second kappa shape index (κ2) is 8.08. The Labute approximate surface area is 197 Å². The molecule has 0 amide bonds. The molecule has 4 aliphatic rings. The molecule has 2 N–H and O–H groups in total. The van der Waals surface area contributed by atoms with Gasteiger partial charge in [0.15, 0.2) is 0 Å². The Kier molecular flexibility index (Phi) is 6.23. The van der Waals surface area contributed by atoms with Crippen molar-refractivity contribution in [1.29, 1.82) is 0 Å². The molecule has 4 fully saturated rings. The minimum absolute atomic E-state index is 0.0422. The van der Waals surface area contributed by atoms with Crippen LogP contribution >= 0.6 is 0 Å². The third-order valence-corrected chi connectivity index (χ3v) is 12.2. The van der Waals surface area contributed by atoms with E-state index in [1.54, 1.807) is 0 Å². The van der Waals surface area contributed by atoms with E-state index >= 15 is 0 Å². The number of ketones is 1. The Morgan fingerprint density at radius 2 is 1.62 bits per heavy atom. The van der Waals surface area contributed by atoms with E-state index in [4.69, 9.17) is 0 Å². The Hall–Kier alpha value is -0.410. The van der Waals surface area contributed by atoms with Gasteiger partial charge in [0, 0.05) is 5.41 Å². The molecule has 0 aromatic carbocycles. The van der Waals surface area contributed by atoms with Gasteiger partial charge in [0.2, 0.25) is 0 Å². The predicted molar refractivity (Wildman–Crippen MR) is 130 cm³/mol. The molecule has 4 saturated carbocycles. The molecule has 4 rings (SSSR count). The van der Waals surface area contributed by atoms with Crippen LogP contribution in [0.1, 0.15) is 113 Å². The van der Waals surface area contributed by atoms with Crippen LogP contribution in [0.5, 0.6) is 0 Å². The largest absolute Gasteiger partial charge is 0.393 e. The first-order valence-electron chi connectivity index (χ1n) is 13.8. The zero-order valence-electron chi connectivity index (χ0n) is 21.9. The van der Waals surface area contributed by atoms with Crippen LogP contribution in [-0.2, 0) is 4.79 Å². The molecule has 0 aromatic rings. The summed E-state index contributed by atoms with van der Waals surface area (Å²) in [7, 11) is 0. The van der Waals surface area contributed by atoms with Crippen LogP contribution in [0.15, 0.2) is 0 Å². The summed E-state index contributed by atoms with van der Waals surface area (Å²) in [5.74, 6) is 2.81. The number of hydrogen-bond acceptors (Lipinski definition) is 3. The molecule has 10 atom stereocenters. The zero-order chi connectivity index (χ0) is 23.7. The lowest BCUT2D eigenvalue weighted by molar-refractivity contribution is -0.181. The van der Waals surface area contributed by atoms with Crippen molar-refractivity contribution in [2.45, 2.75) is 125 Å². The highest BCUT2D eigenvalue weighted by atomic mass is 16.3. The van der Waals surface area contributed by atoms with Crippen molar-refractivity contribution in [2.24, 2.45) is 51.2 Å². The van der Waals surface area contributed by atoms with Crippen molar-refractivity contribution in [3.8, 4) is 0 Å². The van der Waals surface area contributed by atoms with Gasteiger partial charge in [0.25, 0.3) is 0 Å². The monoisotopic (exact) mass is 446 g/mol. The second-order valence-electron chi connectivity index (χ2n) is 13.7. The number of carbonyl (C=O) groups is 1. The van der Waals surface area contributed by atoms with Gasteiger partial charge in [-0.1, -0.05) is 67.7 Å². The van der Waals surface area contributed by atoms with Crippen molar-refractivity contribution < 1.29 is 15.0 Å². The summed E-state index contributed by atoms with van der Waals surface area (Å²) in [6.45, 7) is 16.2. The molecule has 0 radical (unpaired) electrons. The highest BCUT2D eigenvalue weighted by Gasteiger charge is 2.75. The number of rotatable bonds is 5. The van der Waals surface area contributed by atoms with E-state index in [-0.39, 0.29) is 34.2 Å². The Morgan fingerprint density at radius 1 is 0.938 bits per heavy atom. The molecule has 0 saturated heterocycles. The third kappa shape index (κ3) is 3.08. The van der Waals surface area contributed by atoms with E-state index in [0.29, 0.717) is 24.0 Å². The summed E-state index contributed by atoms with van der Waals surface area (Å²) >= 11 is 0. The molecule has 0 aliphatic heterocycles. The molecule has 4 aliphatic carbocycles. The van der Waals surface area contributed by atoms with Crippen molar-refractivity contribution >= 4 is 5.78 Å². The summed E-state index contributed by atoms with van der Waals surface area (Å²) in [5.41, 5.74) is -1.09. The molecule has 184 valence electrons. The lowest BCUT2D eigenvalue weighted by atomic mass is 9.42. The highest BCUT2D eigenvalue weighted by molar-refractivity contribution is 5.94. The topological polar surface area (TPSA) is 57.5 Å². The van der Waals surface area contributed by atoms with Crippen molar-refractivity contribution in [3.05, 3.63) is 0 Å². The maximum atomic E-state index is 14.7. The van der Waals surface area contributed by atoms with Gasteiger partial charge >= 0.3 is 0 Å². The molecule has 0 bridgehead atoms. The van der Waals surface area contributed by atoms with Crippen molar-refractivity contribution in [2.75, 3.05) is 0 Å². The van der Waals surface area contributed by atoms with E-state index in [2.05, 4.69) is 48.5 Å². The number of fused-ring (bicyclic) bond motifs is 3. The van der Waals surface area contributed by atoms with Gasteiger partial charge in [-0.2, -0.15) is 0 Å². The van der Waals surface area contributed by atoms with Gasteiger partial charge in [-0.3, -0.25) is 4.79 Å². The van der Waals surface area contributed by atoms with Gasteiger partial charge in [-0.25, -0.2) is 0 Å². The van der Waals surface area contributed by atoms with Gasteiger partial charge < -0.3 is 10.2 Å². The molecule has 0 heterocycles. The fraction of sp³-hybridized carbons (Fsp3) is 0.966. The minimum atomic E-state index is -0.615. The molecule has 3 heteroatoms. The van der Waals surface area contributed by atoms with E-state index in [0.717, 1.165) is 44.4 Å². The number of carbonyl (C=O) groups excluding carboxylic acids is 1. The average Bonchev–Trinajstić information content (AvgIpc) is 3.13. The Balaban J connectivity index is 1.63. The molecular formula is C29H50O3. The van der Waals surface area contributed by atoms with Gasteiger partial charge in [0.1, 0.15) is 5.78 Å². The SMILES string of the molecule is CC(C)CCC[C@@H](C)[C@H]1CC[C@@]2(C)C(=O)[C@@]3(CC[C@]12C)[C@@H](O)C[C@H]1[C@H](C)[C@@H](O)CC[C@@]13C. The normalized spacial score (nSPS) is 51.8. The fourth-order valence-corrected chi connectivity index (χ4v) is 9.77. The molecular weight excluding hydrogens is 396 g/mol. The second-order valence-corrected chi connectivity index (χ2v) is 13.7. The Bertz CT molecular complexity index is 732. The average molecular weight is 447 g/mol. The van der Waals surface area contributed by atoms with Gasteiger partial charge in [-0.15, -0.1) is 0 Å². The van der Waals surface area contributed by atoms with E-state index in [9.17, 15) is 15.0 Å². The van der Waals surface area contributed by atoms with E-state index in [1.165, 1.54) is 19.3 Å². The maximum absolute atomic E-state index is 14.7. The first-order valence-corrected chi connectivity index (χ1v) is 13.8. The van der Waals surface area contributed by atoms with Crippen LogP contribution in [0.2, 0.25) is 0 Å². The molecule has 0 unspecified atom stereocenters. The first-order chi connectivity index (χ1) is 14.8. The first kappa shape index (κ1) is 24.7. The summed E-state index contributed by atoms with van der Waals surface area (Å²) in [5, 5.41) is 22.1. The van der Waals surface area contributed by atoms with Crippen molar-refractivity contribution in [3.63, 3.8) is 0 Å². The van der Waals surface area contributed by atoms with Crippen LogP contribution in [0.3, 0.4) is 0 Å². The highest BCUT2D eigenvalue weighted by Crippen LogP contribution is 2.74. The zero-order valence-corrected chi connectivity index (χ0v) is 21.9. The summed E-state index contributed by atoms with van der Waals surface area (Å²) in [6, 6.07) is 0. The van der Waals surface area contributed by atoms with Crippen LogP contribution in [0.25, 0.3) is 0 Å². The Morgan fingerprint density at radius 3 is 2.28 bits per heavy atom. The summed E-state index contributed by atoms with van der Waals surface area (Å²) < 4.78 is 0. The number of aliphatic hydroxyl groups excluding tert-OH is 2. The van der Waals surface area contributed by atoms with Gasteiger partial charge in [-0.05, 0) is 85.4 Å². The maximum Gasteiger partial charge on any atom is 0.148 e. The van der Waals surface area contributed by atoms with E-state index < -0.39 is 11.5 Å². The van der Waals surface area contributed by atoms with Crippen molar-refractivity contribution in [1.82, 2.24) is 0 Å². The quantitative estimate of drug-likeness (QED) is 0.514. The van der Waals surface area contributed by atoms with Gasteiger partial charge in [0.05, 0.1) is 17.6 Å². The predicted octanol–water partition coefficient (Wildman–Crippen LogP) is 6.40. The van der Waals surface area contributed by atoms with Crippen LogP contribution in [-0.4, -0.2) is 28.2 Å². The molecule has 0 aromatic heterocycles. The fourth-order valence-electron chi connectivity index (χ4n) is 9.77. The van der Waals surface area contributed by atoms with Crippen LogP contribution < -0.4 is 0 Å². The smallest absolute Gasteiger partial charge is 0.148 e. The number of Topliss-reactive ketones (excluding diaryl/α,β-unsaturated/α-hetero) is 1. The van der Waals surface area contributed by atoms with E-state index in [1.807, 2.05) is 0 Å².